The number of likely N-dealkylation sites (N-methyl/N-ethyl adjacent to an activating group) is 1. The van der Waals surface area contributed by atoms with Crippen molar-refractivity contribution in [3.8, 4) is 5.75 Å². The molecule has 0 aliphatic carbocycles. The van der Waals surface area contributed by atoms with Crippen LogP contribution in [-0.4, -0.2) is 37.7 Å². The van der Waals surface area contributed by atoms with Gasteiger partial charge in [0.15, 0.2) is 0 Å². The van der Waals surface area contributed by atoms with Gasteiger partial charge in [-0.2, -0.15) is 0 Å². The lowest BCUT2D eigenvalue weighted by Crippen LogP contribution is -2.34. The van der Waals surface area contributed by atoms with Crippen LogP contribution in [0.15, 0.2) is 24.3 Å². The zero-order valence-corrected chi connectivity index (χ0v) is 13.5. The van der Waals surface area contributed by atoms with E-state index in [9.17, 15) is 0 Å². The van der Waals surface area contributed by atoms with Crippen LogP contribution in [0.25, 0.3) is 0 Å². The summed E-state index contributed by atoms with van der Waals surface area (Å²) in [5, 5.41) is 3.35. The van der Waals surface area contributed by atoms with Gasteiger partial charge in [0.05, 0.1) is 0 Å². The van der Waals surface area contributed by atoms with Crippen LogP contribution < -0.4 is 10.1 Å². The maximum absolute atomic E-state index is 5.96. The van der Waals surface area contributed by atoms with Crippen LogP contribution in [0.4, 0.5) is 0 Å². The molecule has 1 aromatic rings. The van der Waals surface area contributed by atoms with Gasteiger partial charge in [0.25, 0.3) is 0 Å². The lowest BCUT2D eigenvalue weighted by atomic mass is 10.1. The molecule has 0 spiro atoms. The van der Waals surface area contributed by atoms with Crippen LogP contribution in [0, 0.1) is 0 Å². The molecule has 1 rings (SSSR count). The first kappa shape index (κ1) is 17.0. The van der Waals surface area contributed by atoms with Gasteiger partial charge in [0.1, 0.15) is 12.4 Å². The van der Waals surface area contributed by atoms with Gasteiger partial charge in [0.2, 0.25) is 0 Å². The second kappa shape index (κ2) is 9.78. The molecule has 1 aromatic carbocycles. The van der Waals surface area contributed by atoms with E-state index in [2.05, 4.69) is 56.2 Å². The Balaban J connectivity index is 2.45. The summed E-state index contributed by atoms with van der Waals surface area (Å²) in [6.45, 7) is 10.2. The van der Waals surface area contributed by atoms with E-state index >= 15 is 0 Å². The fourth-order valence-electron chi connectivity index (χ4n) is 2.44. The molecule has 0 atom stereocenters. The van der Waals surface area contributed by atoms with Gasteiger partial charge in [0, 0.05) is 24.7 Å². The van der Waals surface area contributed by atoms with Gasteiger partial charge in [-0.1, -0.05) is 39.0 Å². The van der Waals surface area contributed by atoms with Gasteiger partial charge in [-0.3, -0.25) is 0 Å². The minimum Gasteiger partial charge on any atom is -0.492 e. The van der Waals surface area contributed by atoms with E-state index in [0.717, 1.165) is 32.0 Å². The second-order valence-corrected chi connectivity index (χ2v) is 5.19. The Bertz CT molecular complexity index is 364. The summed E-state index contributed by atoms with van der Waals surface area (Å²) in [5.41, 5.74) is 1.24. The van der Waals surface area contributed by atoms with Crippen molar-refractivity contribution in [1.29, 1.82) is 0 Å². The highest BCUT2D eigenvalue weighted by Gasteiger charge is 2.10. The minimum absolute atomic E-state index is 0.663. The average molecular weight is 278 g/mol. The van der Waals surface area contributed by atoms with Crippen LogP contribution in [0.1, 0.15) is 39.2 Å². The third-order valence-electron chi connectivity index (χ3n) is 3.81. The number of benzene rings is 1. The maximum Gasteiger partial charge on any atom is 0.123 e. The Labute approximate surface area is 124 Å². The largest absolute Gasteiger partial charge is 0.492 e. The molecule has 0 fully saturated rings. The van der Waals surface area contributed by atoms with Crippen molar-refractivity contribution in [1.82, 2.24) is 10.2 Å². The molecule has 0 saturated heterocycles. The first-order chi connectivity index (χ1) is 9.72. The number of rotatable bonds is 10. The average Bonchev–Trinajstić information content (AvgIpc) is 2.47. The number of nitrogens with zero attached hydrogens (tertiary/aromatic N) is 1. The lowest BCUT2D eigenvalue weighted by Gasteiger charge is -2.26. The van der Waals surface area contributed by atoms with Gasteiger partial charge < -0.3 is 15.0 Å². The van der Waals surface area contributed by atoms with Gasteiger partial charge in [-0.05, 0) is 32.5 Å². The maximum atomic E-state index is 5.96. The number of nitrogens with one attached hydrogen (secondary N) is 1. The molecule has 0 heterocycles. The van der Waals surface area contributed by atoms with Gasteiger partial charge in [-0.25, -0.2) is 0 Å². The summed E-state index contributed by atoms with van der Waals surface area (Å²) in [6, 6.07) is 8.95. The number of para-hydroxylation sites is 1. The zero-order valence-electron chi connectivity index (χ0n) is 13.5. The van der Waals surface area contributed by atoms with Crippen molar-refractivity contribution < 1.29 is 4.74 Å². The highest BCUT2D eigenvalue weighted by molar-refractivity contribution is 5.33. The standard InChI is InChI=1S/C17H30N2O/c1-5-16(6-2)19(4)12-13-20-17-11-9-8-10-15(17)14-18-7-3/h8-11,16,18H,5-7,12-14H2,1-4H3. The SMILES string of the molecule is CCNCc1ccccc1OCCN(C)C(CC)CC. The van der Waals surface area contributed by atoms with E-state index in [1.165, 1.54) is 18.4 Å². The van der Waals surface area contributed by atoms with E-state index in [1.807, 2.05) is 6.07 Å². The van der Waals surface area contributed by atoms with Gasteiger partial charge >= 0.3 is 0 Å². The quantitative estimate of drug-likeness (QED) is 0.711. The molecule has 0 aromatic heterocycles. The van der Waals surface area contributed by atoms with Crippen LogP contribution in [0.5, 0.6) is 5.75 Å². The Hall–Kier alpha value is -1.06. The third kappa shape index (κ3) is 5.51. The Kier molecular flexibility index (Phi) is 8.31. The topological polar surface area (TPSA) is 24.5 Å². The molecular weight excluding hydrogens is 248 g/mol. The summed E-state index contributed by atoms with van der Waals surface area (Å²) >= 11 is 0. The molecule has 1 N–H and O–H groups in total. The molecule has 0 radical (unpaired) electrons. The van der Waals surface area contributed by atoms with E-state index in [1.54, 1.807) is 0 Å². The summed E-state index contributed by atoms with van der Waals surface area (Å²) in [7, 11) is 2.19. The molecule has 0 saturated carbocycles. The summed E-state index contributed by atoms with van der Waals surface area (Å²) < 4.78 is 5.96. The van der Waals surface area contributed by atoms with Crippen molar-refractivity contribution >= 4 is 0 Å². The highest BCUT2D eigenvalue weighted by atomic mass is 16.5. The third-order valence-corrected chi connectivity index (χ3v) is 3.81. The molecule has 114 valence electrons. The fraction of sp³-hybridized carbons (Fsp3) is 0.647. The Morgan fingerprint density at radius 2 is 1.85 bits per heavy atom. The van der Waals surface area contributed by atoms with E-state index in [0.29, 0.717) is 6.04 Å². The molecule has 3 heteroatoms. The molecule has 20 heavy (non-hydrogen) atoms. The summed E-state index contributed by atoms with van der Waals surface area (Å²) in [4.78, 5) is 2.40. The minimum atomic E-state index is 0.663. The molecule has 0 unspecified atom stereocenters. The molecule has 0 amide bonds. The number of ether oxygens (including phenoxy) is 1. The molecular formula is C17H30N2O. The van der Waals surface area contributed by atoms with Gasteiger partial charge in [-0.15, -0.1) is 0 Å². The Morgan fingerprint density at radius 3 is 2.50 bits per heavy atom. The fourth-order valence-corrected chi connectivity index (χ4v) is 2.44. The zero-order chi connectivity index (χ0) is 14.8. The predicted molar refractivity (Wildman–Crippen MR) is 86.3 cm³/mol. The number of hydrogen-bond donors (Lipinski definition) is 1. The highest BCUT2D eigenvalue weighted by Crippen LogP contribution is 2.17. The van der Waals surface area contributed by atoms with Crippen molar-refractivity contribution in [3.05, 3.63) is 29.8 Å². The second-order valence-electron chi connectivity index (χ2n) is 5.19. The van der Waals surface area contributed by atoms with Crippen molar-refractivity contribution in [2.75, 3.05) is 26.7 Å². The molecule has 0 aliphatic rings. The molecule has 0 aliphatic heterocycles. The molecule has 3 nitrogen and oxygen atoms in total. The summed E-state index contributed by atoms with van der Waals surface area (Å²) in [5.74, 6) is 1.01. The number of hydrogen-bond acceptors (Lipinski definition) is 3. The van der Waals surface area contributed by atoms with E-state index < -0.39 is 0 Å². The van der Waals surface area contributed by atoms with Crippen molar-refractivity contribution in [2.45, 2.75) is 46.2 Å². The smallest absolute Gasteiger partial charge is 0.123 e. The van der Waals surface area contributed by atoms with Crippen LogP contribution in [0.3, 0.4) is 0 Å². The monoisotopic (exact) mass is 278 g/mol. The molecule has 0 bridgehead atoms. The van der Waals surface area contributed by atoms with E-state index in [-0.39, 0.29) is 0 Å². The lowest BCUT2D eigenvalue weighted by molar-refractivity contribution is 0.183. The normalized spacial score (nSPS) is 11.3. The van der Waals surface area contributed by atoms with Crippen molar-refractivity contribution in [2.24, 2.45) is 0 Å². The van der Waals surface area contributed by atoms with Crippen LogP contribution in [0.2, 0.25) is 0 Å². The van der Waals surface area contributed by atoms with Crippen molar-refractivity contribution in [3.63, 3.8) is 0 Å². The Morgan fingerprint density at radius 1 is 1.15 bits per heavy atom. The summed E-state index contributed by atoms with van der Waals surface area (Å²) in [6.07, 6.45) is 2.40. The predicted octanol–water partition coefficient (Wildman–Crippen LogP) is 3.30. The first-order valence-corrected chi connectivity index (χ1v) is 7.84. The van der Waals surface area contributed by atoms with Crippen LogP contribution in [-0.2, 0) is 6.54 Å². The van der Waals surface area contributed by atoms with E-state index in [4.69, 9.17) is 4.74 Å². The van der Waals surface area contributed by atoms with Crippen LogP contribution >= 0.6 is 0 Å². The first-order valence-electron chi connectivity index (χ1n) is 7.84.